The Morgan fingerprint density at radius 3 is 2.44 bits per heavy atom. The second-order valence-corrected chi connectivity index (χ2v) is 3.42. The van der Waals surface area contributed by atoms with Gasteiger partial charge in [-0.1, -0.05) is 0 Å². The van der Waals surface area contributed by atoms with Crippen molar-refractivity contribution in [1.82, 2.24) is 4.98 Å². The monoisotopic (exact) mass is 256 g/mol. The van der Waals surface area contributed by atoms with E-state index < -0.39 is 0 Å². The molecule has 9 heavy (non-hydrogen) atoms. The van der Waals surface area contributed by atoms with Crippen molar-refractivity contribution >= 4 is 32.9 Å². The number of pyridine rings is 1. The van der Waals surface area contributed by atoms with Gasteiger partial charge in [-0.05, 0) is 0 Å². The number of halogens is 2. The van der Waals surface area contributed by atoms with Gasteiger partial charge in [-0.25, -0.2) is 0 Å². The van der Waals surface area contributed by atoms with Gasteiger partial charge in [0.2, 0.25) is 0 Å². The zero-order valence-corrected chi connectivity index (χ0v) is 10.1. The van der Waals surface area contributed by atoms with E-state index >= 15 is 0 Å². The van der Waals surface area contributed by atoms with E-state index in [1.54, 1.807) is 6.20 Å². The first-order valence-electron chi connectivity index (χ1n) is 2.22. The summed E-state index contributed by atoms with van der Waals surface area (Å²) in [7, 11) is 0. The molecule has 4 heteroatoms. The number of hydrogen-bond donors (Lipinski definition) is 0. The molecule has 1 rings (SSSR count). The fourth-order valence-electron chi connectivity index (χ4n) is 0.406. The number of aromatic nitrogens is 1. The Hall–Kier alpha value is 0.543. The molecule has 0 bridgehead atoms. The first kappa shape index (κ1) is 9.54. The van der Waals surface area contributed by atoms with Crippen molar-refractivity contribution in [2.75, 3.05) is 0 Å². The predicted molar refractivity (Wildman–Crippen MR) is 39.2 cm³/mol. The van der Waals surface area contributed by atoms with E-state index in [1.165, 1.54) is 0 Å². The zero-order chi connectivity index (χ0) is 5.98. The van der Waals surface area contributed by atoms with E-state index in [9.17, 15) is 0 Å². The summed E-state index contributed by atoms with van der Waals surface area (Å²) >= 11 is 6.66. The summed E-state index contributed by atoms with van der Waals surface area (Å²) in [6.07, 6.45) is 1.67. The summed E-state index contributed by atoms with van der Waals surface area (Å²) < 4.78 is 1.12. The standard InChI is InChI=1S/C5H3ClN.BrH.Zn/c6-5-2-1-3-7-4-5;;/h1-2,4H;1H;. The summed E-state index contributed by atoms with van der Waals surface area (Å²) in [5, 5.41) is 0.710. The molecular formula is C5H4BrClNZn. The van der Waals surface area contributed by atoms with Crippen LogP contribution in [0.5, 0.6) is 0 Å². The Labute approximate surface area is 79.3 Å². The van der Waals surface area contributed by atoms with Crippen LogP contribution in [0.3, 0.4) is 0 Å². The van der Waals surface area contributed by atoms with Crippen molar-refractivity contribution in [2.45, 2.75) is 0 Å². The van der Waals surface area contributed by atoms with Crippen LogP contribution in [-0.4, -0.2) is 4.98 Å². The van der Waals surface area contributed by atoms with Crippen LogP contribution < -0.4 is 4.29 Å². The minimum absolute atomic E-state index is 0. The van der Waals surface area contributed by atoms with E-state index in [0.29, 0.717) is 5.02 Å². The van der Waals surface area contributed by atoms with Crippen molar-refractivity contribution in [1.29, 1.82) is 0 Å². The normalized spacial score (nSPS) is 8.33. The molecule has 45 valence electrons. The molecule has 0 unspecified atom stereocenters. The van der Waals surface area contributed by atoms with Crippen molar-refractivity contribution in [2.24, 2.45) is 0 Å². The van der Waals surface area contributed by atoms with Gasteiger partial charge in [-0.15, -0.1) is 17.0 Å². The van der Waals surface area contributed by atoms with Gasteiger partial charge < -0.3 is 0 Å². The second kappa shape index (κ2) is 4.37. The first-order valence-corrected chi connectivity index (χ1v) is 4.09. The first-order chi connectivity index (χ1) is 3.79. The van der Waals surface area contributed by atoms with E-state index in [-0.39, 0.29) is 17.0 Å². The summed E-state index contributed by atoms with van der Waals surface area (Å²) in [6.45, 7) is 0. The molecule has 0 fully saturated rings. The summed E-state index contributed by atoms with van der Waals surface area (Å²) in [5.41, 5.74) is 0. The average molecular weight is 259 g/mol. The molecule has 1 aromatic rings. The van der Waals surface area contributed by atoms with Gasteiger partial charge in [0.25, 0.3) is 0 Å². The van der Waals surface area contributed by atoms with E-state index in [2.05, 4.69) is 4.98 Å². The molecule has 0 aliphatic rings. The van der Waals surface area contributed by atoms with Gasteiger partial charge in [0.1, 0.15) is 0 Å². The molecule has 0 saturated carbocycles. The van der Waals surface area contributed by atoms with E-state index in [1.807, 2.05) is 12.1 Å². The molecule has 0 spiro atoms. The van der Waals surface area contributed by atoms with Crippen LogP contribution in [-0.2, 0) is 18.3 Å². The number of rotatable bonds is 0. The fourth-order valence-corrected chi connectivity index (χ4v) is 0.957. The Morgan fingerprint density at radius 1 is 1.44 bits per heavy atom. The molecule has 0 radical (unpaired) electrons. The fraction of sp³-hybridized carbons (Fsp3) is 0. The maximum atomic E-state index is 5.56. The molecule has 0 aromatic carbocycles. The Bertz CT molecular complexity index is 156. The third kappa shape index (κ3) is 3.29. The van der Waals surface area contributed by atoms with Gasteiger partial charge in [-0.3, -0.25) is 0 Å². The van der Waals surface area contributed by atoms with E-state index in [0.717, 1.165) is 22.6 Å². The van der Waals surface area contributed by atoms with Crippen molar-refractivity contribution < 1.29 is 18.3 Å². The molecule has 0 aliphatic carbocycles. The topological polar surface area (TPSA) is 12.9 Å². The van der Waals surface area contributed by atoms with Crippen LogP contribution in [0.2, 0.25) is 5.02 Å². The predicted octanol–water partition coefficient (Wildman–Crippen LogP) is 1.48. The quantitative estimate of drug-likeness (QED) is 0.643. The van der Waals surface area contributed by atoms with Crippen LogP contribution in [0.1, 0.15) is 0 Å². The second-order valence-electron chi connectivity index (χ2n) is 1.47. The summed E-state index contributed by atoms with van der Waals surface area (Å²) in [4.78, 5) is 4.00. The van der Waals surface area contributed by atoms with Crippen molar-refractivity contribution in [3.05, 3.63) is 23.4 Å². The molecule has 0 amide bonds. The molecular weight excluding hydrogens is 255 g/mol. The molecule has 0 saturated heterocycles. The molecule has 0 aliphatic heterocycles. The minimum atomic E-state index is 0. The van der Waals surface area contributed by atoms with Gasteiger partial charge in [0.15, 0.2) is 0 Å². The van der Waals surface area contributed by atoms with Gasteiger partial charge in [0.05, 0.1) is 0 Å². The molecule has 1 nitrogen and oxygen atoms in total. The molecule has 1 heterocycles. The van der Waals surface area contributed by atoms with Crippen molar-refractivity contribution in [3.8, 4) is 0 Å². The van der Waals surface area contributed by atoms with Crippen LogP contribution >= 0.6 is 28.6 Å². The molecule has 0 atom stereocenters. The van der Waals surface area contributed by atoms with Gasteiger partial charge >= 0.3 is 62.5 Å². The van der Waals surface area contributed by atoms with Crippen LogP contribution in [0.15, 0.2) is 18.3 Å². The Balaban J connectivity index is 0.000000640. The number of nitrogens with zero attached hydrogens (tertiary/aromatic N) is 1. The third-order valence-corrected chi connectivity index (χ3v) is 1.89. The van der Waals surface area contributed by atoms with E-state index in [4.69, 9.17) is 11.6 Å². The third-order valence-electron chi connectivity index (χ3n) is 0.789. The summed E-state index contributed by atoms with van der Waals surface area (Å²) in [5.74, 6) is 0. The Morgan fingerprint density at radius 2 is 2.11 bits per heavy atom. The Kier molecular flexibility index (Phi) is 4.64. The average Bonchev–Trinajstić information content (AvgIpc) is 1.77. The SMILES string of the molecule is Br.Clc1cc[c]([Zn])nc1. The summed E-state index contributed by atoms with van der Waals surface area (Å²) in [6, 6.07) is 3.79. The van der Waals surface area contributed by atoms with Crippen LogP contribution in [0, 0.1) is 0 Å². The molecule has 0 N–H and O–H groups in total. The van der Waals surface area contributed by atoms with Crippen LogP contribution in [0.25, 0.3) is 0 Å². The van der Waals surface area contributed by atoms with Gasteiger partial charge in [-0.2, -0.15) is 0 Å². The van der Waals surface area contributed by atoms with Crippen molar-refractivity contribution in [3.63, 3.8) is 0 Å². The zero-order valence-electron chi connectivity index (χ0n) is 4.67. The van der Waals surface area contributed by atoms with Crippen LogP contribution in [0.4, 0.5) is 0 Å². The number of hydrogen-bond acceptors (Lipinski definition) is 1. The maximum absolute atomic E-state index is 5.56. The van der Waals surface area contributed by atoms with Gasteiger partial charge in [0, 0.05) is 0 Å². The molecule has 1 aromatic heterocycles.